The van der Waals surface area contributed by atoms with Crippen molar-refractivity contribution in [3.63, 3.8) is 0 Å². The molecule has 126 valence electrons. The van der Waals surface area contributed by atoms with Gasteiger partial charge in [0.2, 0.25) is 5.91 Å². The van der Waals surface area contributed by atoms with Crippen molar-refractivity contribution in [2.45, 2.75) is 44.1 Å². The van der Waals surface area contributed by atoms with Crippen molar-refractivity contribution in [1.82, 2.24) is 15.1 Å². The standard InChI is InChI=1S/C19H22FN3O/c1-23(18(12-5-6-12)13-7-9-14(20)10-8-13)19(24)15-3-2-4-17-16(15)11-21-22-17/h7-12,15,18H,2-6H2,1H3,(H,21,22)/t15-,18+/m0/s1. The predicted molar refractivity (Wildman–Crippen MR) is 88.9 cm³/mol. The summed E-state index contributed by atoms with van der Waals surface area (Å²) in [5.74, 6) is 0.284. The Kier molecular flexibility index (Phi) is 3.87. The van der Waals surface area contributed by atoms with Gasteiger partial charge in [-0.1, -0.05) is 12.1 Å². The molecular weight excluding hydrogens is 305 g/mol. The summed E-state index contributed by atoms with van der Waals surface area (Å²) < 4.78 is 13.3. The average molecular weight is 327 g/mol. The van der Waals surface area contributed by atoms with Crippen molar-refractivity contribution in [3.05, 3.63) is 53.1 Å². The van der Waals surface area contributed by atoms with Gasteiger partial charge >= 0.3 is 0 Å². The molecule has 5 heteroatoms. The van der Waals surface area contributed by atoms with Crippen LogP contribution in [0.5, 0.6) is 0 Å². The number of hydrogen-bond acceptors (Lipinski definition) is 2. The van der Waals surface area contributed by atoms with E-state index in [4.69, 9.17) is 0 Å². The summed E-state index contributed by atoms with van der Waals surface area (Å²) in [5, 5.41) is 7.14. The Morgan fingerprint density at radius 2 is 2.04 bits per heavy atom. The number of aromatic nitrogens is 2. The molecule has 4 rings (SSSR count). The van der Waals surface area contributed by atoms with E-state index in [2.05, 4.69) is 10.2 Å². The van der Waals surface area contributed by atoms with Gasteiger partial charge in [-0.05, 0) is 55.7 Å². The van der Waals surface area contributed by atoms with Crippen LogP contribution >= 0.6 is 0 Å². The SMILES string of the molecule is CN(C(=O)[C@H]1CCCc2[nH]ncc21)[C@@H](c1ccc(F)cc1)C1CC1. The van der Waals surface area contributed by atoms with Gasteiger partial charge in [0.25, 0.3) is 0 Å². The van der Waals surface area contributed by atoms with Crippen LogP contribution in [0.25, 0.3) is 0 Å². The molecule has 1 N–H and O–H groups in total. The summed E-state index contributed by atoms with van der Waals surface area (Å²) in [6, 6.07) is 6.63. The normalized spacial score (nSPS) is 21.2. The highest BCUT2D eigenvalue weighted by Gasteiger charge is 2.39. The molecule has 0 unspecified atom stereocenters. The number of fused-ring (bicyclic) bond motifs is 1. The van der Waals surface area contributed by atoms with Gasteiger partial charge in [0.1, 0.15) is 5.82 Å². The number of rotatable bonds is 4. The number of amides is 1. The maximum absolute atomic E-state index is 13.3. The number of H-pyrrole nitrogens is 1. The summed E-state index contributed by atoms with van der Waals surface area (Å²) in [4.78, 5) is 15.1. The number of aromatic amines is 1. The van der Waals surface area contributed by atoms with Gasteiger partial charge in [-0.2, -0.15) is 5.10 Å². The van der Waals surface area contributed by atoms with E-state index in [1.165, 1.54) is 12.1 Å². The van der Waals surface area contributed by atoms with Crippen LogP contribution in [0.15, 0.2) is 30.5 Å². The largest absolute Gasteiger partial charge is 0.338 e. The predicted octanol–water partition coefficient (Wildman–Crippen LogP) is 3.58. The van der Waals surface area contributed by atoms with E-state index < -0.39 is 0 Å². The van der Waals surface area contributed by atoms with Gasteiger partial charge in [-0.15, -0.1) is 0 Å². The van der Waals surface area contributed by atoms with Gasteiger partial charge in [-0.3, -0.25) is 9.89 Å². The number of nitrogens with one attached hydrogen (secondary N) is 1. The molecule has 1 saturated carbocycles. The fourth-order valence-corrected chi connectivity index (χ4v) is 3.98. The highest BCUT2D eigenvalue weighted by atomic mass is 19.1. The van der Waals surface area contributed by atoms with Crippen LogP contribution in [0.4, 0.5) is 4.39 Å². The Balaban J connectivity index is 1.60. The minimum absolute atomic E-state index is 0.0374. The second-order valence-electron chi connectivity index (χ2n) is 7.03. The van der Waals surface area contributed by atoms with Gasteiger partial charge < -0.3 is 4.90 Å². The lowest BCUT2D eigenvalue weighted by Crippen LogP contribution is -2.37. The number of aryl methyl sites for hydroxylation is 1. The van der Waals surface area contributed by atoms with Crippen LogP contribution in [0.1, 0.15) is 54.5 Å². The number of carbonyl (C=O) groups is 1. The molecular formula is C19H22FN3O. The second kappa shape index (κ2) is 6.04. The molecule has 2 aliphatic rings. The summed E-state index contributed by atoms with van der Waals surface area (Å²) in [7, 11) is 1.89. The number of halogens is 1. The van der Waals surface area contributed by atoms with E-state index in [0.29, 0.717) is 5.92 Å². The molecule has 0 saturated heterocycles. The lowest BCUT2D eigenvalue weighted by Gasteiger charge is -2.33. The van der Waals surface area contributed by atoms with Crippen molar-refractivity contribution in [3.8, 4) is 0 Å². The monoisotopic (exact) mass is 327 g/mol. The Bertz CT molecular complexity index is 735. The van der Waals surface area contributed by atoms with Crippen molar-refractivity contribution < 1.29 is 9.18 Å². The van der Waals surface area contributed by atoms with E-state index >= 15 is 0 Å². The Hall–Kier alpha value is -2.17. The summed E-state index contributed by atoms with van der Waals surface area (Å²) >= 11 is 0. The molecule has 1 heterocycles. The highest BCUT2D eigenvalue weighted by molar-refractivity contribution is 5.84. The lowest BCUT2D eigenvalue weighted by atomic mass is 9.85. The first-order valence-electron chi connectivity index (χ1n) is 8.69. The third-order valence-corrected chi connectivity index (χ3v) is 5.39. The maximum atomic E-state index is 13.3. The average Bonchev–Trinajstić information content (AvgIpc) is 3.30. The van der Waals surface area contributed by atoms with Crippen LogP contribution in [0.2, 0.25) is 0 Å². The zero-order valence-electron chi connectivity index (χ0n) is 13.8. The first kappa shape index (κ1) is 15.4. The Morgan fingerprint density at radius 3 is 2.75 bits per heavy atom. The molecule has 0 spiro atoms. The zero-order valence-corrected chi connectivity index (χ0v) is 13.8. The van der Waals surface area contributed by atoms with Crippen molar-refractivity contribution in [1.29, 1.82) is 0 Å². The van der Waals surface area contributed by atoms with Crippen LogP contribution in [-0.2, 0) is 11.2 Å². The molecule has 1 fully saturated rings. The fourth-order valence-electron chi connectivity index (χ4n) is 3.98. The molecule has 2 atom stereocenters. The van der Waals surface area contributed by atoms with Crippen LogP contribution in [0.3, 0.4) is 0 Å². The van der Waals surface area contributed by atoms with E-state index in [9.17, 15) is 9.18 Å². The minimum atomic E-state index is -0.238. The molecule has 2 aliphatic carbocycles. The smallest absolute Gasteiger partial charge is 0.230 e. The summed E-state index contributed by atoms with van der Waals surface area (Å²) in [6.45, 7) is 0. The van der Waals surface area contributed by atoms with E-state index in [-0.39, 0.29) is 23.7 Å². The third-order valence-electron chi connectivity index (χ3n) is 5.39. The first-order chi connectivity index (χ1) is 11.6. The number of nitrogens with zero attached hydrogens (tertiary/aromatic N) is 2. The third kappa shape index (κ3) is 2.72. The van der Waals surface area contributed by atoms with Crippen molar-refractivity contribution in [2.24, 2.45) is 5.92 Å². The van der Waals surface area contributed by atoms with Gasteiger partial charge in [0.05, 0.1) is 18.2 Å². The molecule has 0 radical (unpaired) electrons. The Labute approximate surface area is 141 Å². The number of hydrogen-bond donors (Lipinski definition) is 1. The summed E-state index contributed by atoms with van der Waals surface area (Å²) in [5.41, 5.74) is 3.17. The minimum Gasteiger partial charge on any atom is -0.338 e. The first-order valence-corrected chi connectivity index (χ1v) is 8.69. The van der Waals surface area contributed by atoms with Gasteiger partial charge in [-0.25, -0.2) is 4.39 Å². The maximum Gasteiger partial charge on any atom is 0.230 e. The summed E-state index contributed by atoms with van der Waals surface area (Å²) in [6.07, 6.45) is 6.89. The number of likely N-dealkylation sites (N-methyl/N-ethyl adjacent to an activating group) is 1. The second-order valence-corrected chi connectivity index (χ2v) is 7.03. The highest BCUT2D eigenvalue weighted by Crippen LogP contribution is 2.45. The van der Waals surface area contributed by atoms with Crippen LogP contribution in [-0.4, -0.2) is 28.1 Å². The van der Waals surface area contributed by atoms with Crippen LogP contribution < -0.4 is 0 Å². The topological polar surface area (TPSA) is 49.0 Å². The molecule has 0 aliphatic heterocycles. The van der Waals surface area contributed by atoms with E-state index in [1.54, 1.807) is 6.20 Å². The van der Waals surface area contributed by atoms with Crippen molar-refractivity contribution >= 4 is 5.91 Å². The lowest BCUT2D eigenvalue weighted by molar-refractivity contribution is -0.134. The fraction of sp³-hybridized carbons (Fsp3) is 0.474. The number of benzene rings is 1. The molecule has 1 aromatic heterocycles. The van der Waals surface area contributed by atoms with Crippen molar-refractivity contribution in [2.75, 3.05) is 7.05 Å². The number of carbonyl (C=O) groups excluding carboxylic acids is 1. The van der Waals surface area contributed by atoms with Gasteiger partial charge in [0, 0.05) is 18.3 Å². The van der Waals surface area contributed by atoms with Crippen LogP contribution in [0, 0.1) is 11.7 Å². The van der Waals surface area contributed by atoms with E-state index in [1.807, 2.05) is 24.1 Å². The molecule has 0 bridgehead atoms. The molecule has 1 aromatic carbocycles. The quantitative estimate of drug-likeness (QED) is 0.933. The molecule has 1 amide bonds. The Morgan fingerprint density at radius 1 is 1.29 bits per heavy atom. The molecule has 2 aromatic rings. The molecule has 24 heavy (non-hydrogen) atoms. The molecule has 4 nitrogen and oxygen atoms in total. The van der Waals surface area contributed by atoms with E-state index in [0.717, 1.165) is 48.9 Å². The van der Waals surface area contributed by atoms with Gasteiger partial charge in [0.15, 0.2) is 0 Å². The zero-order chi connectivity index (χ0) is 16.7.